The second-order valence-electron chi connectivity index (χ2n) is 4.53. The highest BCUT2D eigenvalue weighted by Gasteiger charge is 2.19. The topological polar surface area (TPSA) is 66.8 Å². The Morgan fingerprint density at radius 2 is 1.90 bits per heavy atom. The Hall–Kier alpha value is -2.56. The number of carbonyl (C=O) groups excluding carboxylic acids is 1. The molecule has 2 rings (SSSR count). The Morgan fingerprint density at radius 3 is 2.57 bits per heavy atom. The predicted octanol–water partition coefficient (Wildman–Crippen LogP) is 3.41. The molecule has 0 aliphatic rings. The number of ether oxygens (including phenoxy) is 1. The van der Waals surface area contributed by atoms with Crippen LogP contribution in [0.25, 0.3) is 0 Å². The number of halogens is 1. The highest BCUT2D eigenvalue weighted by atomic mass is 19.1. The first kappa shape index (κ1) is 14.8. The second kappa shape index (κ2) is 6.26. The van der Waals surface area contributed by atoms with Gasteiger partial charge >= 0.3 is 5.97 Å². The fourth-order valence-electron chi connectivity index (χ4n) is 2.00. The van der Waals surface area contributed by atoms with Gasteiger partial charge in [0.05, 0.1) is 5.56 Å². The van der Waals surface area contributed by atoms with E-state index < -0.39 is 11.8 Å². The minimum Gasteiger partial charge on any atom is -0.504 e. The van der Waals surface area contributed by atoms with Crippen molar-refractivity contribution >= 4 is 5.97 Å². The Bertz CT molecular complexity index is 667. The van der Waals surface area contributed by atoms with Crippen LogP contribution in [-0.2, 0) is 6.42 Å². The lowest BCUT2D eigenvalue weighted by molar-refractivity contribution is 0.0726. The van der Waals surface area contributed by atoms with Gasteiger partial charge in [0, 0.05) is 5.56 Å². The van der Waals surface area contributed by atoms with Gasteiger partial charge in [0.2, 0.25) is 0 Å². The summed E-state index contributed by atoms with van der Waals surface area (Å²) in [5.74, 6) is -2.26. The SMILES string of the molecule is CCCc1c(C(=O)Oc2ccccc2F)ccc(O)c1O. The van der Waals surface area contributed by atoms with Crippen LogP contribution in [0.5, 0.6) is 17.2 Å². The molecule has 5 heteroatoms. The average Bonchev–Trinajstić information content (AvgIpc) is 2.46. The van der Waals surface area contributed by atoms with E-state index in [0.29, 0.717) is 18.4 Å². The van der Waals surface area contributed by atoms with Gasteiger partial charge in [0.15, 0.2) is 23.1 Å². The Morgan fingerprint density at radius 1 is 1.19 bits per heavy atom. The molecular weight excluding hydrogens is 275 g/mol. The van der Waals surface area contributed by atoms with E-state index >= 15 is 0 Å². The molecular formula is C16H15FO4. The van der Waals surface area contributed by atoms with Crippen LogP contribution in [0.1, 0.15) is 29.3 Å². The monoisotopic (exact) mass is 290 g/mol. The van der Waals surface area contributed by atoms with Crippen molar-refractivity contribution < 1.29 is 24.1 Å². The summed E-state index contributed by atoms with van der Waals surface area (Å²) in [6.07, 6.45) is 1.05. The fraction of sp³-hybridized carbons (Fsp3) is 0.188. The largest absolute Gasteiger partial charge is 0.504 e. The van der Waals surface area contributed by atoms with E-state index in [1.807, 2.05) is 6.92 Å². The van der Waals surface area contributed by atoms with Gasteiger partial charge in [-0.2, -0.15) is 0 Å². The van der Waals surface area contributed by atoms with Gasteiger partial charge in [0.25, 0.3) is 0 Å². The quantitative estimate of drug-likeness (QED) is 0.514. The smallest absolute Gasteiger partial charge is 0.344 e. The molecule has 2 aromatic rings. The second-order valence-corrected chi connectivity index (χ2v) is 4.53. The number of hydrogen-bond donors (Lipinski definition) is 2. The summed E-state index contributed by atoms with van der Waals surface area (Å²) in [5.41, 5.74) is 0.397. The van der Waals surface area contributed by atoms with Crippen LogP contribution >= 0.6 is 0 Å². The third-order valence-electron chi connectivity index (χ3n) is 3.02. The Balaban J connectivity index is 2.35. The molecule has 0 radical (unpaired) electrons. The molecule has 0 spiro atoms. The van der Waals surface area contributed by atoms with Crippen molar-refractivity contribution in [2.75, 3.05) is 0 Å². The van der Waals surface area contributed by atoms with Crippen LogP contribution in [0, 0.1) is 5.82 Å². The molecule has 0 atom stereocenters. The van der Waals surface area contributed by atoms with Crippen LogP contribution in [0.4, 0.5) is 4.39 Å². The van der Waals surface area contributed by atoms with Crippen molar-refractivity contribution in [2.24, 2.45) is 0 Å². The summed E-state index contributed by atoms with van der Waals surface area (Å²) >= 11 is 0. The maximum absolute atomic E-state index is 13.5. The molecule has 2 aromatic carbocycles. The standard InChI is InChI=1S/C16H15FO4/c1-2-5-10-11(8-9-13(18)15(10)19)16(20)21-14-7-4-3-6-12(14)17/h3-4,6-9,18-19H,2,5H2,1H3. The predicted molar refractivity (Wildman–Crippen MR) is 75.1 cm³/mol. The number of carbonyl (C=O) groups is 1. The summed E-state index contributed by atoms with van der Waals surface area (Å²) in [6.45, 7) is 1.87. The molecule has 110 valence electrons. The van der Waals surface area contributed by atoms with E-state index in [1.165, 1.54) is 30.3 Å². The Kier molecular flexibility index (Phi) is 4.42. The van der Waals surface area contributed by atoms with Crippen molar-refractivity contribution in [3.63, 3.8) is 0 Å². The molecule has 0 bridgehead atoms. The zero-order chi connectivity index (χ0) is 15.4. The number of phenols is 2. The van der Waals surface area contributed by atoms with Crippen LogP contribution in [0.2, 0.25) is 0 Å². The third-order valence-corrected chi connectivity index (χ3v) is 3.02. The van der Waals surface area contributed by atoms with E-state index in [1.54, 1.807) is 6.07 Å². The molecule has 0 fully saturated rings. The normalized spacial score (nSPS) is 10.4. The number of aromatic hydroxyl groups is 2. The zero-order valence-corrected chi connectivity index (χ0v) is 11.5. The van der Waals surface area contributed by atoms with Gasteiger partial charge in [-0.1, -0.05) is 25.5 Å². The molecule has 4 nitrogen and oxygen atoms in total. The number of hydrogen-bond acceptors (Lipinski definition) is 4. The number of esters is 1. The van der Waals surface area contributed by atoms with E-state index in [2.05, 4.69) is 0 Å². The van der Waals surface area contributed by atoms with E-state index in [0.717, 1.165) is 0 Å². The molecule has 0 amide bonds. The highest BCUT2D eigenvalue weighted by molar-refractivity contribution is 5.93. The van der Waals surface area contributed by atoms with Crippen molar-refractivity contribution in [2.45, 2.75) is 19.8 Å². The number of phenolic OH excluding ortho intramolecular Hbond substituents is 2. The summed E-state index contributed by atoms with van der Waals surface area (Å²) in [4.78, 5) is 12.1. The lowest BCUT2D eigenvalue weighted by Gasteiger charge is -2.12. The average molecular weight is 290 g/mol. The van der Waals surface area contributed by atoms with Crippen LogP contribution in [0.15, 0.2) is 36.4 Å². The van der Waals surface area contributed by atoms with E-state index in [-0.39, 0.29) is 22.8 Å². The van der Waals surface area contributed by atoms with Crippen LogP contribution in [-0.4, -0.2) is 16.2 Å². The molecule has 0 saturated carbocycles. The minimum atomic E-state index is -0.779. The van der Waals surface area contributed by atoms with Crippen molar-refractivity contribution in [1.82, 2.24) is 0 Å². The summed E-state index contributed by atoms with van der Waals surface area (Å²) < 4.78 is 18.5. The minimum absolute atomic E-state index is 0.107. The van der Waals surface area contributed by atoms with Crippen LogP contribution < -0.4 is 4.74 Å². The molecule has 0 aliphatic carbocycles. The van der Waals surface area contributed by atoms with Crippen molar-refractivity contribution in [1.29, 1.82) is 0 Å². The maximum Gasteiger partial charge on any atom is 0.344 e. The van der Waals surface area contributed by atoms with Crippen molar-refractivity contribution in [3.8, 4) is 17.2 Å². The van der Waals surface area contributed by atoms with Gasteiger partial charge in [-0.3, -0.25) is 0 Å². The first-order valence-electron chi connectivity index (χ1n) is 6.55. The summed E-state index contributed by atoms with van der Waals surface area (Å²) in [5, 5.41) is 19.4. The van der Waals surface area contributed by atoms with Gasteiger partial charge in [-0.15, -0.1) is 0 Å². The molecule has 0 unspecified atom stereocenters. The highest BCUT2D eigenvalue weighted by Crippen LogP contribution is 2.33. The van der Waals surface area contributed by atoms with Gasteiger partial charge in [-0.25, -0.2) is 9.18 Å². The summed E-state index contributed by atoms with van der Waals surface area (Å²) in [6, 6.07) is 8.11. The number of benzene rings is 2. The number of rotatable bonds is 4. The number of para-hydroxylation sites is 1. The summed E-state index contributed by atoms with van der Waals surface area (Å²) in [7, 11) is 0. The lowest BCUT2D eigenvalue weighted by atomic mass is 10.0. The molecule has 2 N–H and O–H groups in total. The van der Waals surface area contributed by atoms with E-state index in [4.69, 9.17) is 4.74 Å². The van der Waals surface area contributed by atoms with Gasteiger partial charge in [0.1, 0.15) is 0 Å². The third kappa shape index (κ3) is 3.13. The first-order valence-corrected chi connectivity index (χ1v) is 6.55. The molecule has 21 heavy (non-hydrogen) atoms. The van der Waals surface area contributed by atoms with Gasteiger partial charge < -0.3 is 14.9 Å². The maximum atomic E-state index is 13.5. The lowest BCUT2D eigenvalue weighted by Crippen LogP contribution is -2.12. The molecule has 0 aromatic heterocycles. The Labute approximate surface area is 121 Å². The molecule has 0 saturated heterocycles. The van der Waals surface area contributed by atoms with Crippen LogP contribution in [0.3, 0.4) is 0 Å². The van der Waals surface area contributed by atoms with Crippen molar-refractivity contribution in [3.05, 3.63) is 53.3 Å². The fourth-order valence-corrected chi connectivity index (χ4v) is 2.00. The van der Waals surface area contributed by atoms with Gasteiger partial charge in [-0.05, 0) is 30.7 Å². The zero-order valence-electron chi connectivity index (χ0n) is 11.5. The molecule has 0 heterocycles. The first-order chi connectivity index (χ1) is 10.0. The van der Waals surface area contributed by atoms with E-state index in [9.17, 15) is 19.4 Å². The molecule has 0 aliphatic heterocycles.